The van der Waals surface area contributed by atoms with E-state index in [1.807, 2.05) is 6.92 Å². The number of ether oxygens (including phenoxy) is 1. The molecule has 20 heavy (non-hydrogen) atoms. The molecule has 1 fully saturated rings. The fourth-order valence-electron chi connectivity index (χ4n) is 2.33. The molecule has 6 nitrogen and oxygen atoms in total. The normalized spacial score (nSPS) is 20.0. The number of methoxy groups -OCH3 is 1. The number of carbonyl (C=O) groups excluding carboxylic acids is 1. The van der Waals surface area contributed by atoms with Gasteiger partial charge in [-0.15, -0.1) is 12.4 Å². The van der Waals surface area contributed by atoms with Crippen LogP contribution in [-0.2, 0) is 11.3 Å². The van der Waals surface area contributed by atoms with Crippen molar-refractivity contribution < 1.29 is 14.1 Å². The van der Waals surface area contributed by atoms with Gasteiger partial charge in [-0.3, -0.25) is 4.79 Å². The molecule has 2 rings (SSSR count). The van der Waals surface area contributed by atoms with Crippen LogP contribution in [0, 0.1) is 5.92 Å². The van der Waals surface area contributed by atoms with Crippen LogP contribution < -0.4 is 10.6 Å². The molecule has 0 aromatic carbocycles. The van der Waals surface area contributed by atoms with E-state index < -0.39 is 0 Å². The summed E-state index contributed by atoms with van der Waals surface area (Å²) in [6.45, 7) is 4.38. The highest BCUT2D eigenvalue weighted by Crippen LogP contribution is 2.14. The lowest BCUT2D eigenvalue weighted by molar-refractivity contribution is 0.0912. The summed E-state index contributed by atoms with van der Waals surface area (Å²) in [7, 11) is 1.57. The maximum Gasteiger partial charge on any atom is 0.273 e. The average Bonchev–Trinajstić information content (AvgIpc) is 2.89. The van der Waals surface area contributed by atoms with Crippen molar-refractivity contribution in [2.24, 2.45) is 5.92 Å². The van der Waals surface area contributed by atoms with Crippen LogP contribution in [0.2, 0.25) is 0 Å². The van der Waals surface area contributed by atoms with Crippen LogP contribution in [0.4, 0.5) is 0 Å². The van der Waals surface area contributed by atoms with Gasteiger partial charge in [-0.25, -0.2) is 0 Å². The molecule has 2 heterocycles. The van der Waals surface area contributed by atoms with Gasteiger partial charge in [0.2, 0.25) is 0 Å². The van der Waals surface area contributed by atoms with E-state index >= 15 is 0 Å². The third-order valence-corrected chi connectivity index (χ3v) is 3.48. The molecule has 0 saturated carbocycles. The van der Waals surface area contributed by atoms with E-state index in [0.717, 1.165) is 25.9 Å². The summed E-state index contributed by atoms with van der Waals surface area (Å²) >= 11 is 0. The third-order valence-electron chi connectivity index (χ3n) is 3.48. The van der Waals surface area contributed by atoms with Gasteiger partial charge in [-0.1, -0.05) is 5.16 Å². The molecule has 0 radical (unpaired) electrons. The number of hydrogen-bond acceptors (Lipinski definition) is 5. The van der Waals surface area contributed by atoms with Gasteiger partial charge in [0.15, 0.2) is 11.5 Å². The second kappa shape index (κ2) is 8.24. The molecule has 7 heteroatoms. The maximum absolute atomic E-state index is 12.0. The van der Waals surface area contributed by atoms with Crippen molar-refractivity contribution in [2.75, 3.05) is 20.2 Å². The Bertz CT molecular complexity index is 419. The van der Waals surface area contributed by atoms with Crippen LogP contribution in [0.1, 0.15) is 36.0 Å². The van der Waals surface area contributed by atoms with Crippen LogP contribution in [-0.4, -0.2) is 37.3 Å². The van der Waals surface area contributed by atoms with E-state index in [2.05, 4.69) is 15.8 Å². The molecule has 1 saturated heterocycles. The highest BCUT2D eigenvalue weighted by atomic mass is 35.5. The largest absolute Gasteiger partial charge is 0.377 e. The zero-order valence-corrected chi connectivity index (χ0v) is 12.7. The maximum atomic E-state index is 12.0. The minimum atomic E-state index is -0.191. The van der Waals surface area contributed by atoms with Crippen molar-refractivity contribution in [3.8, 4) is 0 Å². The van der Waals surface area contributed by atoms with Gasteiger partial charge >= 0.3 is 0 Å². The lowest BCUT2D eigenvalue weighted by Gasteiger charge is -2.28. The van der Waals surface area contributed by atoms with Crippen LogP contribution in [0.5, 0.6) is 0 Å². The summed E-state index contributed by atoms with van der Waals surface area (Å²) in [5.41, 5.74) is 0.308. The van der Waals surface area contributed by atoms with Gasteiger partial charge in [0.25, 0.3) is 5.91 Å². The summed E-state index contributed by atoms with van der Waals surface area (Å²) in [5.74, 6) is 0.840. The summed E-state index contributed by atoms with van der Waals surface area (Å²) < 4.78 is 9.93. The van der Waals surface area contributed by atoms with Crippen LogP contribution in [0.15, 0.2) is 10.6 Å². The molecule has 1 aliphatic heterocycles. The molecule has 0 spiro atoms. The predicted octanol–water partition coefficient (Wildman–Crippen LogP) is 1.36. The van der Waals surface area contributed by atoms with E-state index in [1.165, 1.54) is 0 Å². The molecule has 2 N–H and O–H groups in total. The molecule has 1 aromatic heterocycles. The van der Waals surface area contributed by atoms with Crippen molar-refractivity contribution in [2.45, 2.75) is 32.4 Å². The Balaban J connectivity index is 0.00000200. The number of carbonyl (C=O) groups is 1. The molecule has 2 atom stereocenters. The number of halogens is 1. The number of nitrogens with zero attached hydrogens (tertiary/aromatic N) is 1. The second-order valence-electron chi connectivity index (χ2n) is 4.98. The first-order valence-corrected chi connectivity index (χ1v) is 6.67. The minimum Gasteiger partial charge on any atom is -0.377 e. The Morgan fingerprint density at radius 3 is 3.15 bits per heavy atom. The van der Waals surface area contributed by atoms with Crippen LogP contribution in [0.25, 0.3) is 0 Å². The van der Waals surface area contributed by atoms with Crippen molar-refractivity contribution in [1.82, 2.24) is 15.8 Å². The number of amides is 1. The topological polar surface area (TPSA) is 76.4 Å². The molecular formula is C13H22ClN3O3. The number of rotatable bonds is 5. The Morgan fingerprint density at radius 2 is 2.50 bits per heavy atom. The van der Waals surface area contributed by atoms with Gasteiger partial charge < -0.3 is 19.9 Å². The fraction of sp³-hybridized carbons (Fsp3) is 0.692. The van der Waals surface area contributed by atoms with Gasteiger partial charge in [-0.05, 0) is 38.8 Å². The van der Waals surface area contributed by atoms with Crippen molar-refractivity contribution in [3.63, 3.8) is 0 Å². The van der Waals surface area contributed by atoms with E-state index in [-0.39, 0.29) is 24.4 Å². The number of hydrogen-bond donors (Lipinski definition) is 2. The summed E-state index contributed by atoms with van der Waals surface area (Å²) in [6, 6.07) is 1.74. The number of nitrogens with one attached hydrogen (secondary N) is 2. The Hall–Kier alpha value is -1.11. The molecule has 1 aromatic rings. The first-order valence-electron chi connectivity index (χ1n) is 6.67. The first-order chi connectivity index (χ1) is 9.20. The van der Waals surface area contributed by atoms with Crippen molar-refractivity contribution in [1.29, 1.82) is 0 Å². The zero-order chi connectivity index (χ0) is 13.7. The van der Waals surface area contributed by atoms with Gasteiger partial charge in [0, 0.05) is 19.2 Å². The van der Waals surface area contributed by atoms with E-state index in [1.54, 1.807) is 13.2 Å². The number of aromatic nitrogens is 1. The third kappa shape index (κ3) is 4.47. The molecule has 2 unspecified atom stereocenters. The quantitative estimate of drug-likeness (QED) is 0.859. The highest BCUT2D eigenvalue weighted by Gasteiger charge is 2.22. The fourth-order valence-corrected chi connectivity index (χ4v) is 2.33. The Labute approximate surface area is 125 Å². The van der Waals surface area contributed by atoms with Gasteiger partial charge in [0.05, 0.1) is 0 Å². The molecule has 1 aliphatic rings. The summed E-state index contributed by atoms with van der Waals surface area (Å²) in [6.07, 6.45) is 2.30. The standard InChI is InChI=1S/C13H21N3O3.ClH/c1-9(10-4-3-5-14-7-10)15-13(17)12-6-11(8-18-2)19-16-12;/h6,9-10,14H,3-5,7-8H2,1-2H3,(H,15,17);1H. The van der Waals surface area contributed by atoms with Gasteiger partial charge in [0.1, 0.15) is 6.61 Å². The molecule has 114 valence electrons. The lowest BCUT2D eigenvalue weighted by Crippen LogP contribution is -2.44. The zero-order valence-electron chi connectivity index (χ0n) is 11.8. The first kappa shape index (κ1) is 16.9. The van der Waals surface area contributed by atoms with E-state index in [0.29, 0.717) is 24.0 Å². The molecule has 0 bridgehead atoms. The summed E-state index contributed by atoms with van der Waals surface area (Å²) in [4.78, 5) is 12.0. The summed E-state index contributed by atoms with van der Waals surface area (Å²) in [5, 5.41) is 10.1. The van der Waals surface area contributed by atoms with Crippen LogP contribution >= 0.6 is 12.4 Å². The van der Waals surface area contributed by atoms with Gasteiger partial charge in [-0.2, -0.15) is 0 Å². The van der Waals surface area contributed by atoms with Crippen molar-refractivity contribution >= 4 is 18.3 Å². The SMILES string of the molecule is COCc1cc(C(=O)NC(C)C2CCCNC2)no1.Cl. The smallest absolute Gasteiger partial charge is 0.273 e. The van der Waals surface area contributed by atoms with E-state index in [4.69, 9.17) is 9.26 Å². The Kier molecular flexibility index (Phi) is 6.98. The van der Waals surface area contributed by atoms with E-state index in [9.17, 15) is 4.79 Å². The average molecular weight is 304 g/mol. The monoisotopic (exact) mass is 303 g/mol. The molecule has 0 aliphatic carbocycles. The van der Waals surface area contributed by atoms with Crippen LogP contribution in [0.3, 0.4) is 0 Å². The second-order valence-corrected chi connectivity index (χ2v) is 4.98. The van der Waals surface area contributed by atoms with Crippen molar-refractivity contribution in [3.05, 3.63) is 17.5 Å². The lowest BCUT2D eigenvalue weighted by atomic mass is 9.93. The minimum absolute atomic E-state index is 0. The number of piperidine rings is 1. The molecular weight excluding hydrogens is 282 g/mol. The Morgan fingerprint density at radius 1 is 1.70 bits per heavy atom. The molecule has 1 amide bonds. The highest BCUT2D eigenvalue weighted by molar-refractivity contribution is 5.92. The predicted molar refractivity (Wildman–Crippen MR) is 77.0 cm³/mol.